The van der Waals surface area contributed by atoms with Crippen LogP contribution in [0.3, 0.4) is 0 Å². The van der Waals surface area contributed by atoms with Crippen LogP contribution >= 0.6 is 11.6 Å². The van der Waals surface area contributed by atoms with Crippen LogP contribution in [0.25, 0.3) is 5.69 Å². The summed E-state index contributed by atoms with van der Waals surface area (Å²) >= 11 is 6.01. The molecule has 9 heteroatoms. The van der Waals surface area contributed by atoms with Crippen LogP contribution in [-0.4, -0.2) is 32.8 Å². The van der Waals surface area contributed by atoms with Gasteiger partial charge in [-0.15, -0.1) is 10.2 Å². The number of aryl methyl sites for hydroxylation is 1. The second kappa shape index (κ2) is 7.27. The third-order valence-corrected chi connectivity index (χ3v) is 5.47. The summed E-state index contributed by atoms with van der Waals surface area (Å²) in [6.07, 6.45) is 2.61. The van der Waals surface area contributed by atoms with Crippen LogP contribution in [0.2, 0.25) is 5.02 Å². The van der Waals surface area contributed by atoms with E-state index in [1.807, 2.05) is 35.8 Å². The highest BCUT2D eigenvalue weighted by Crippen LogP contribution is 2.36. The molecule has 0 spiro atoms. The van der Waals surface area contributed by atoms with Gasteiger partial charge in [0.15, 0.2) is 0 Å². The van der Waals surface area contributed by atoms with Crippen LogP contribution in [0.5, 0.6) is 0 Å². The second-order valence-corrected chi connectivity index (χ2v) is 7.38. The van der Waals surface area contributed by atoms with Crippen LogP contribution in [0.1, 0.15) is 30.1 Å². The number of piperidine rings is 1. The molecule has 146 valence electrons. The van der Waals surface area contributed by atoms with Gasteiger partial charge in [0.25, 0.3) is 0 Å². The van der Waals surface area contributed by atoms with E-state index in [-0.39, 0.29) is 17.4 Å². The fourth-order valence-corrected chi connectivity index (χ4v) is 3.89. The van der Waals surface area contributed by atoms with Crippen LogP contribution in [0, 0.1) is 12.7 Å². The zero-order valence-corrected chi connectivity index (χ0v) is 16.2. The molecule has 2 aromatic heterocycles. The first kappa shape index (κ1) is 18.5. The van der Waals surface area contributed by atoms with Crippen LogP contribution in [-0.2, 0) is 0 Å². The lowest BCUT2D eigenvalue weighted by molar-refractivity contribution is 0.476. The maximum absolute atomic E-state index is 14.3. The number of halogens is 2. The largest absolute Gasteiger partial charge is 0.395 e. The number of nitrogens with zero attached hydrogens (tertiary/aromatic N) is 5. The molecule has 0 atom stereocenters. The quantitative estimate of drug-likeness (QED) is 0.698. The van der Waals surface area contributed by atoms with Gasteiger partial charge in [-0.05, 0) is 49.9 Å². The van der Waals surface area contributed by atoms with Gasteiger partial charge in [0.05, 0.1) is 17.6 Å². The average Bonchev–Trinajstić information content (AvgIpc) is 3.08. The lowest BCUT2D eigenvalue weighted by atomic mass is 9.88. The van der Waals surface area contributed by atoms with Gasteiger partial charge in [-0.3, -0.25) is 4.57 Å². The lowest BCUT2D eigenvalue weighted by Gasteiger charge is -2.33. The predicted octanol–water partition coefficient (Wildman–Crippen LogP) is 3.31. The van der Waals surface area contributed by atoms with Crippen molar-refractivity contribution in [1.82, 2.24) is 19.7 Å². The number of benzene rings is 1. The Kier molecular flexibility index (Phi) is 4.80. The van der Waals surface area contributed by atoms with Crippen molar-refractivity contribution in [3.63, 3.8) is 0 Å². The van der Waals surface area contributed by atoms with E-state index in [1.54, 1.807) is 0 Å². The van der Waals surface area contributed by atoms with Gasteiger partial charge >= 0.3 is 0 Å². The minimum Gasteiger partial charge on any atom is -0.395 e. The van der Waals surface area contributed by atoms with Crippen molar-refractivity contribution in [3.8, 4) is 5.69 Å². The Morgan fingerprint density at radius 1 is 1.11 bits per heavy atom. The van der Waals surface area contributed by atoms with E-state index in [2.05, 4.69) is 20.1 Å². The van der Waals surface area contributed by atoms with E-state index < -0.39 is 5.82 Å². The highest BCUT2D eigenvalue weighted by molar-refractivity contribution is 6.30. The Morgan fingerprint density at radius 3 is 2.46 bits per heavy atom. The van der Waals surface area contributed by atoms with Crippen molar-refractivity contribution in [2.24, 2.45) is 0 Å². The number of nitrogens with two attached hydrogens (primary N) is 2. The molecule has 3 aromatic rings. The molecule has 0 aliphatic carbocycles. The number of aromatic nitrogens is 4. The molecule has 4 N–H and O–H groups in total. The molecule has 0 unspecified atom stereocenters. The van der Waals surface area contributed by atoms with E-state index in [1.165, 1.54) is 0 Å². The molecule has 1 aliphatic rings. The second-order valence-electron chi connectivity index (χ2n) is 6.94. The molecule has 0 amide bonds. The van der Waals surface area contributed by atoms with Crippen LogP contribution in [0.15, 0.2) is 30.5 Å². The summed E-state index contributed by atoms with van der Waals surface area (Å²) in [5.41, 5.74) is 13.4. The summed E-state index contributed by atoms with van der Waals surface area (Å²) in [5, 5.41) is 9.28. The van der Waals surface area contributed by atoms with Crippen LogP contribution < -0.4 is 16.4 Å². The molecule has 1 fully saturated rings. The van der Waals surface area contributed by atoms with Crippen molar-refractivity contribution in [2.75, 3.05) is 29.5 Å². The first-order valence-corrected chi connectivity index (χ1v) is 9.45. The fourth-order valence-electron chi connectivity index (χ4n) is 3.76. The van der Waals surface area contributed by atoms with Gasteiger partial charge in [-0.2, -0.15) is 0 Å². The predicted molar refractivity (Wildman–Crippen MR) is 108 cm³/mol. The number of pyridine rings is 1. The average molecular weight is 402 g/mol. The maximum atomic E-state index is 14.3. The van der Waals surface area contributed by atoms with Crippen molar-refractivity contribution in [2.45, 2.75) is 25.7 Å². The maximum Gasteiger partial charge on any atom is 0.231 e. The number of hydrogen-bond acceptors (Lipinski definition) is 6. The normalized spacial score (nSPS) is 15.2. The number of hydrogen-bond donors (Lipinski definition) is 2. The summed E-state index contributed by atoms with van der Waals surface area (Å²) < 4.78 is 16.3. The molecule has 4 rings (SSSR count). The van der Waals surface area contributed by atoms with E-state index >= 15 is 0 Å². The smallest absolute Gasteiger partial charge is 0.231 e. The molecule has 3 heterocycles. The van der Waals surface area contributed by atoms with Gasteiger partial charge in [-0.1, -0.05) is 11.6 Å². The highest BCUT2D eigenvalue weighted by atomic mass is 35.5. The Bertz CT molecular complexity index is 994. The van der Waals surface area contributed by atoms with E-state index in [4.69, 9.17) is 23.1 Å². The standard InChI is InChI=1S/C19H21ClFN7/c1-11-25-26-19(28(11)14-4-2-13(20)3-5-14)27-8-6-12(7-9-27)16-15(21)10-24-18(23)17(16)22/h2-5,10,12H,6-9,22H2,1H3,(H2,23,24). The first-order chi connectivity index (χ1) is 13.5. The molecule has 0 saturated carbocycles. The molecular formula is C19H21ClFN7. The fraction of sp³-hybridized carbons (Fsp3) is 0.316. The molecule has 1 aromatic carbocycles. The molecule has 0 bridgehead atoms. The van der Waals surface area contributed by atoms with Crippen molar-refractivity contribution in [1.29, 1.82) is 0 Å². The highest BCUT2D eigenvalue weighted by Gasteiger charge is 2.28. The third-order valence-electron chi connectivity index (χ3n) is 5.22. The molecule has 28 heavy (non-hydrogen) atoms. The summed E-state index contributed by atoms with van der Waals surface area (Å²) in [7, 11) is 0. The van der Waals surface area contributed by atoms with Crippen molar-refractivity contribution < 1.29 is 4.39 Å². The molecule has 0 radical (unpaired) electrons. The minimum absolute atomic E-state index is 0.00505. The topological polar surface area (TPSA) is 98.9 Å². The van der Waals surface area contributed by atoms with Crippen molar-refractivity contribution in [3.05, 3.63) is 52.7 Å². The van der Waals surface area contributed by atoms with E-state index in [0.29, 0.717) is 23.7 Å². The summed E-state index contributed by atoms with van der Waals surface area (Å²) in [4.78, 5) is 5.94. The Labute approximate surface area is 167 Å². The van der Waals surface area contributed by atoms with Gasteiger partial charge in [0.1, 0.15) is 17.5 Å². The Balaban J connectivity index is 1.57. The number of anilines is 3. The van der Waals surface area contributed by atoms with Gasteiger partial charge in [-0.25, -0.2) is 9.37 Å². The zero-order valence-electron chi connectivity index (χ0n) is 15.4. The first-order valence-electron chi connectivity index (χ1n) is 9.08. The SMILES string of the molecule is Cc1nnc(N2CCC(c3c(F)cnc(N)c3N)CC2)n1-c1ccc(Cl)cc1. The third kappa shape index (κ3) is 3.24. The van der Waals surface area contributed by atoms with Gasteiger partial charge < -0.3 is 16.4 Å². The summed E-state index contributed by atoms with van der Waals surface area (Å²) in [6.45, 7) is 3.32. The molecular weight excluding hydrogens is 381 g/mol. The molecule has 7 nitrogen and oxygen atoms in total. The number of nitrogen functional groups attached to an aromatic ring is 2. The lowest BCUT2D eigenvalue weighted by Crippen LogP contribution is -2.35. The minimum atomic E-state index is -0.398. The monoisotopic (exact) mass is 401 g/mol. The van der Waals surface area contributed by atoms with E-state index in [0.717, 1.165) is 36.5 Å². The summed E-state index contributed by atoms with van der Waals surface area (Å²) in [6, 6.07) is 7.55. The van der Waals surface area contributed by atoms with Gasteiger partial charge in [0.2, 0.25) is 5.95 Å². The zero-order chi connectivity index (χ0) is 19.8. The molecule has 1 saturated heterocycles. The summed E-state index contributed by atoms with van der Waals surface area (Å²) in [5.74, 6) is 1.33. The molecule has 1 aliphatic heterocycles. The Hall–Kier alpha value is -2.87. The van der Waals surface area contributed by atoms with Crippen LogP contribution in [0.4, 0.5) is 21.8 Å². The number of rotatable bonds is 3. The Morgan fingerprint density at radius 2 is 1.79 bits per heavy atom. The van der Waals surface area contributed by atoms with Gasteiger partial charge in [0, 0.05) is 23.7 Å². The van der Waals surface area contributed by atoms with Crippen molar-refractivity contribution >= 4 is 29.1 Å². The van der Waals surface area contributed by atoms with E-state index in [9.17, 15) is 4.39 Å².